The lowest BCUT2D eigenvalue weighted by atomic mass is 9.83. The molecule has 1 saturated carbocycles. The highest BCUT2D eigenvalue weighted by molar-refractivity contribution is 4.91. The van der Waals surface area contributed by atoms with Crippen LogP contribution in [0.1, 0.15) is 25.7 Å². The maximum absolute atomic E-state index is 12.3. The van der Waals surface area contributed by atoms with Crippen molar-refractivity contribution in [3.05, 3.63) is 0 Å². The standard InChI is InChI=1S/C12H20F3NO2/c13-12(14,15)4-5-16(10-2-1-3-10)6-11(7-17)8-18-9-11/h10,17H,1-9H2. The van der Waals surface area contributed by atoms with Crippen LogP contribution in [0.3, 0.4) is 0 Å². The molecule has 106 valence electrons. The van der Waals surface area contributed by atoms with Gasteiger partial charge in [0.1, 0.15) is 0 Å². The molecule has 2 aliphatic rings. The molecule has 0 aromatic rings. The summed E-state index contributed by atoms with van der Waals surface area (Å²) in [5.41, 5.74) is -0.332. The quantitative estimate of drug-likeness (QED) is 0.796. The number of aliphatic hydroxyl groups excluding tert-OH is 1. The van der Waals surface area contributed by atoms with Crippen molar-refractivity contribution < 1.29 is 23.0 Å². The third-order valence-electron chi connectivity index (χ3n) is 3.96. The molecule has 3 nitrogen and oxygen atoms in total. The highest BCUT2D eigenvalue weighted by Crippen LogP contribution is 2.33. The first kappa shape index (κ1) is 14.1. The summed E-state index contributed by atoms with van der Waals surface area (Å²) in [6, 6.07) is 0.261. The highest BCUT2D eigenvalue weighted by Gasteiger charge is 2.42. The van der Waals surface area contributed by atoms with Gasteiger partial charge >= 0.3 is 6.18 Å². The molecule has 1 heterocycles. The zero-order valence-corrected chi connectivity index (χ0v) is 10.4. The number of halogens is 3. The molecule has 2 fully saturated rings. The first-order valence-electron chi connectivity index (χ1n) is 6.44. The van der Waals surface area contributed by atoms with Gasteiger partial charge < -0.3 is 9.84 Å². The summed E-state index contributed by atoms with van der Waals surface area (Å²) in [6.45, 7) is 1.46. The lowest BCUT2D eigenvalue weighted by molar-refractivity contribution is -0.165. The monoisotopic (exact) mass is 267 g/mol. The average molecular weight is 267 g/mol. The Bertz CT molecular complexity index is 269. The maximum Gasteiger partial charge on any atom is 0.390 e. The van der Waals surface area contributed by atoms with E-state index in [1.165, 1.54) is 0 Å². The molecule has 1 aliphatic carbocycles. The van der Waals surface area contributed by atoms with Gasteiger partial charge in [-0.1, -0.05) is 6.42 Å². The Morgan fingerprint density at radius 3 is 2.28 bits per heavy atom. The van der Waals surface area contributed by atoms with Crippen LogP contribution in [-0.2, 0) is 4.74 Å². The summed E-state index contributed by atoms with van der Waals surface area (Å²) in [5, 5.41) is 9.36. The Balaban J connectivity index is 1.88. The van der Waals surface area contributed by atoms with Crippen LogP contribution < -0.4 is 0 Å². The van der Waals surface area contributed by atoms with Crippen molar-refractivity contribution >= 4 is 0 Å². The maximum atomic E-state index is 12.3. The molecule has 18 heavy (non-hydrogen) atoms. The lowest BCUT2D eigenvalue weighted by Gasteiger charge is -2.47. The topological polar surface area (TPSA) is 32.7 Å². The minimum atomic E-state index is -4.11. The summed E-state index contributed by atoms with van der Waals surface area (Å²) in [5.74, 6) is 0. The van der Waals surface area contributed by atoms with Gasteiger partial charge in [0.15, 0.2) is 0 Å². The van der Waals surface area contributed by atoms with Gasteiger partial charge in [0.05, 0.1) is 31.7 Å². The number of rotatable bonds is 6. The van der Waals surface area contributed by atoms with E-state index in [0.717, 1.165) is 19.3 Å². The second-order valence-corrected chi connectivity index (χ2v) is 5.57. The van der Waals surface area contributed by atoms with E-state index >= 15 is 0 Å². The Morgan fingerprint density at radius 1 is 1.28 bits per heavy atom. The summed E-state index contributed by atoms with van der Waals surface area (Å²) in [7, 11) is 0. The Kier molecular flexibility index (Phi) is 4.18. The van der Waals surface area contributed by atoms with Crippen molar-refractivity contribution in [1.29, 1.82) is 0 Å². The van der Waals surface area contributed by atoms with Gasteiger partial charge in [-0.05, 0) is 12.8 Å². The van der Waals surface area contributed by atoms with Crippen molar-refractivity contribution in [2.45, 2.75) is 37.9 Å². The second kappa shape index (κ2) is 5.35. The smallest absolute Gasteiger partial charge is 0.390 e. The molecule has 0 atom stereocenters. The normalized spacial score (nSPS) is 23.8. The van der Waals surface area contributed by atoms with E-state index in [1.807, 2.05) is 4.90 Å². The van der Waals surface area contributed by atoms with Crippen molar-refractivity contribution in [2.75, 3.05) is 32.9 Å². The molecule has 1 N–H and O–H groups in total. The van der Waals surface area contributed by atoms with Gasteiger partial charge in [0.2, 0.25) is 0 Å². The highest BCUT2D eigenvalue weighted by atomic mass is 19.4. The van der Waals surface area contributed by atoms with Crippen LogP contribution in [0.15, 0.2) is 0 Å². The van der Waals surface area contributed by atoms with E-state index in [4.69, 9.17) is 4.74 Å². The second-order valence-electron chi connectivity index (χ2n) is 5.57. The third kappa shape index (κ3) is 3.36. The molecule has 0 spiro atoms. The minimum Gasteiger partial charge on any atom is -0.396 e. The summed E-state index contributed by atoms with van der Waals surface area (Å²) >= 11 is 0. The van der Waals surface area contributed by atoms with Gasteiger partial charge in [-0.25, -0.2) is 0 Å². The van der Waals surface area contributed by atoms with Crippen LogP contribution >= 0.6 is 0 Å². The fraction of sp³-hybridized carbons (Fsp3) is 1.00. The number of aliphatic hydroxyl groups is 1. The van der Waals surface area contributed by atoms with Gasteiger partial charge in [-0.3, -0.25) is 4.90 Å². The van der Waals surface area contributed by atoms with Crippen LogP contribution in [0.5, 0.6) is 0 Å². The summed E-state index contributed by atoms with van der Waals surface area (Å²) in [6.07, 6.45) is -1.84. The minimum absolute atomic E-state index is 0.0117. The largest absolute Gasteiger partial charge is 0.396 e. The van der Waals surface area contributed by atoms with Crippen LogP contribution in [0.25, 0.3) is 0 Å². The lowest BCUT2D eigenvalue weighted by Crippen LogP contribution is -2.56. The van der Waals surface area contributed by atoms with E-state index in [2.05, 4.69) is 0 Å². The first-order valence-corrected chi connectivity index (χ1v) is 6.44. The molecule has 0 bridgehead atoms. The number of nitrogens with zero attached hydrogens (tertiary/aromatic N) is 1. The number of hydrogen-bond donors (Lipinski definition) is 1. The molecule has 1 aliphatic heterocycles. The molecule has 6 heteroatoms. The predicted molar refractivity (Wildman–Crippen MR) is 60.2 cm³/mol. The summed E-state index contributed by atoms with van der Waals surface area (Å²) < 4.78 is 42.0. The van der Waals surface area contributed by atoms with E-state index in [-0.39, 0.29) is 24.6 Å². The van der Waals surface area contributed by atoms with E-state index < -0.39 is 12.6 Å². The molecule has 0 amide bonds. The van der Waals surface area contributed by atoms with Crippen LogP contribution in [0.4, 0.5) is 13.2 Å². The predicted octanol–water partition coefficient (Wildman–Crippen LogP) is 1.80. The van der Waals surface area contributed by atoms with Crippen molar-refractivity contribution in [1.82, 2.24) is 4.90 Å². The summed E-state index contributed by atoms with van der Waals surface area (Å²) in [4.78, 5) is 1.90. The Labute approximate surface area is 105 Å². The van der Waals surface area contributed by atoms with Crippen molar-refractivity contribution in [3.63, 3.8) is 0 Å². The molecular formula is C12H20F3NO2. The molecular weight excluding hydrogens is 247 g/mol. The SMILES string of the molecule is OCC1(CN(CCC(F)(F)F)C2CCC2)COC1. The van der Waals surface area contributed by atoms with Gasteiger partial charge in [0, 0.05) is 19.1 Å². The van der Waals surface area contributed by atoms with Gasteiger partial charge in [-0.2, -0.15) is 13.2 Å². The fourth-order valence-electron chi connectivity index (χ4n) is 2.47. The van der Waals surface area contributed by atoms with Crippen LogP contribution in [0, 0.1) is 5.41 Å². The van der Waals surface area contributed by atoms with Crippen molar-refractivity contribution in [2.24, 2.45) is 5.41 Å². The average Bonchev–Trinajstić information content (AvgIpc) is 2.15. The number of alkyl halides is 3. The first-order chi connectivity index (χ1) is 8.44. The molecule has 0 aromatic carbocycles. The van der Waals surface area contributed by atoms with Gasteiger partial charge in [0.25, 0.3) is 0 Å². The fourth-order valence-corrected chi connectivity index (χ4v) is 2.47. The van der Waals surface area contributed by atoms with E-state index in [9.17, 15) is 18.3 Å². The molecule has 1 saturated heterocycles. The Hall–Kier alpha value is -0.330. The number of ether oxygens (including phenoxy) is 1. The third-order valence-corrected chi connectivity index (χ3v) is 3.96. The van der Waals surface area contributed by atoms with E-state index in [0.29, 0.717) is 19.8 Å². The van der Waals surface area contributed by atoms with Crippen LogP contribution in [-0.4, -0.2) is 55.1 Å². The Morgan fingerprint density at radius 2 is 1.94 bits per heavy atom. The molecule has 0 aromatic heterocycles. The van der Waals surface area contributed by atoms with Gasteiger partial charge in [-0.15, -0.1) is 0 Å². The zero-order valence-electron chi connectivity index (χ0n) is 10.4. The molecule has 0 unspecified atom stereocenters. The van der Waals surface area contributed by atoms with Crippen LogP contribution in [0.2, 0.25) is 0 Å². The molecule has 0 radical (unpaired) electrons. The van der Waals surface area contributed by atoms with E-state index in [1.54, 1.807) is 0 Å². The number of hydrogen-bond acceptors (Lipinski definition) is 3. The zero-order chi connectivity index (χ0) is 13.2. The van der Waals surface area contributed by atoms with Crippen molar-refractivity contribution in [3.8, 4) is 0 Å². The molecule has 2 rings (SSSR count).